The number of hydrogen-bond acceptors (Lipinski definition) is 1. The van der Waals surface area contributed by atoms with E-state index in [9.17, 15) is 4.79 Å². The largest absolute Gasteiger partial charge is 0.326 e. The second-order valence-corrected chi connectivity index (χ2v) is 4.77. The molecule has 0 radical (unpaired) electrons. The molecule has 2 aliphatic rings. The number of benzene rings is 1. The van der Waals surface area contributed by atoms with Crippen molar-refractivity contribution in [1.82, 2.24) is 0 Å². The minimum absolute atomic E-state index is 0. The molecule has 0 heterocycles. The summed E-state index contributed by atoms with van der Waals surface area (Å²) in [5.74, 6) is 1.47. The van der Waals surface area contributed by atoms with E-state index in [1.54, 1.807) is 6.92 Å². The SMILES string of the molecule is CC(=O)Nc1ccccc1C1=CC2CC2C=C1.[HH]. The van der Waals surface area contributed by atoms with Crippen LogP contribution in [0.4, 0.5) is 5.69 Å². The van der Waals surface area contributed by atoms with E-state index in [2.05, 4.69) is 29.6 Å². The summed E-state index contributed by atoms with van der Waals surface area (Å²) in [5.41, 5.74) is 3.24. The van der Waals surface area contributed by atoms with Crippen LogP contribution in [0.5, 0.6) is 0 Å². The van der Waals surface area contributed by atoms with E-state index in [4.69, 9.17) is 0 Å². The van der Waals surface area contributed by atoms with Crippen LogP contribution in [-0.4, -0.2) is 5.91 Å². The first kappa shape index (κ1) is 10.3. The van der Waals surface area contributed by atoms with Gasteiger partial charge in [-0.15, -0.1) is 0 Å². The Morgan fingerprint density at radius 1 is 1.35 bits per heavy atom. The van der Waals surface area contributed by atoms with E-state index in [1.165, 1.54) is 12.0 Å². The lowest BCUT2D eigenvalue weighted by Gasteiger charge is -2.12. The highest BCUT2D eigenvalue weighted by atomic mass is 16.1. The molecule has 1 aromatic rings. The van der Waals surface area contributed by atoms with Gasteiger partial charge in [-0.3, -0.25) is 4.79 Å². The zero-order valence-corrected chi connectivity index (χ0v) is 9.81. The Labute approximate surface area is 103 Å². The maximum absolute atomic E-state index is 11.2. The summed E-state index contributed by atoms with van der Waals surface area (Å²) >= 11 is 0. The van der Waals surface area contributed by atoms with E-state index in [-0.39, 0.29) is 7.33 Å². The molecule has 0 spiro atoms. The van der Waals surface area contributed by atoms with E-state index < -0.39 is 0 Å². The molecule has 2 unspecified atom stereocenters. The third-order valence-corrected chi connectivity index (χ3v) is 3.36. The topological polar surface area (TPSA) is 29.1 Å². The Balaban J connectivity index is 0.00000120. The lowest BCUT2D eigenvalue weighted by molar-refractivity contribution is -0.114. The van der Waals surface area contributed by atoms with Crippen LogP contribution in [0.15, 0.2) is 42.5 Å². The van der Waals surface area contributed by atoms with Gasteiger partial charge in [0.1, 0.15) is 0 Å². The molecule has 0 aromatic heterocycles. The van der Waals surface area contributed by atoms with Crippen LogP contribution in [-0.2, 0) is 4.79 Å². The quantitative estimate of drug-likeness (QED) is 0.823. The molecule has 1 fully saturated rings. The minimum Gasteiger partial charge on any atom is -0.326 e. The van der Waals surface area contributed by atoms with Crippen LogP contribution in [0.3, 0.4) is 0 Å². The third kappa shape index (κ3) is 2.03. The van der Waals surface area contributed by atoms with Crippen LogP contribution < -0.4 is 5.32 Å². The molecule has 3 rings (SSSR count). The minimum atomic E-state index is -0.0258. The predicted octanol–water partition coefficient (Wildman–Crippen LogP) is 3.48. The van der Waals surface area contributed by atoms with Crippen molar-refractivity contribution >= 4 is 17.2 Å². The third-order valence-electron chi connectivity index (χ3n) is 3.36. The van der Waals surface area contributed by atoms with Gasteiger partial charge in [0.2, 0.25) is 5.91 Å². The molecule has 2 nitrogen and oxygen atoms in total. The normalized spacial score (nSPS) is 24.9. The van der Waals surface area contributed by atoms with E-state index in [0.717, 1.165) is 23.1 Å². The average molecular weight is 227 g/mol. The number of para-hydroxylation sites is 1. The first-order valence-electron chi connectivity index (χ1n) is 6.01. The van der Waals surface area contributed by atoms with Gasteiger partial charge in [0, 0.05) is 19.6 Å². The van der Waals surface area contributed by atoms with Crippen molar-refractivity contribution in [2.45, 2.75) is 13.3 Å². The second-order valence-electron chi connectivity index (χ2n) is 4.77. The Hall–Kier alpha value is -1.83. The van der Waals surface area contributed by atoms with Gasteiger partial charge >= 0.3 is 0 Å². The van der Waals surface area contributed by atoms with Crippen LogP contribution in [0, 0.1) is 11.8 Å². The molecule has 1 N–H and O–H groups in total. The van der Waals surface area contributed by atoms with Crippen LogP contribution in [0.2, 0.25) is 0 Å². The molecule has 0 saturated heterocycles. The van der Waals surface area contributed by atoms with E-state index in [0.29, 0.717) is 0 Å². The summed E-state index contributed by atoms with van der Waals surface area (Å²) in [4.78, 5) is 11.2. The number of anilines is 1. The summed E-state index contributed by atoms with van der Waals surface area (Å²) in [6.07, 6.45) is 8.06. The van der Waals surface area contributed by atoms with Crippen molar-refractivity contribution in [2.75, 3.05) is 5.32 Å². The second kappa shape index (κ2) is 3.88. The molecule has 0 aliphatic heterocycles. The molecule has 2 atom stereocenters. The van der Waals surface area contributed by atoms with Crippen LogP contribution in [0.25, 0.3) is 5.57 Å². The molecule has 88 valence electrons. The highest BCUT2D eigenvalue weighted by Gasteiger charge is 2.35. The van der Waals surface area contributed by atoms with Crippen LogP contribution in [0.1, 0.15) is 20.3 Å². The zero-order valence-electron chi connectivity index (χ0n) is 9.81. The molecular weight excluding hydrogens is 210 g/mol. The maximum Gasteiger partial charge on any atom is 0.221 e. The molecular formula is C15H17NO. The van der Waals surface area contributed by atoms with Crippen molar-refractivity contribution in [1.29, 1.82) is 0 Å². The monoisotopic (exact) mass is 227 g/mol. The summed E-state index contributed by atoms with van der Waals surface area (Å²) in [7, 11) is 0. The van der Waals surface area contributed by atoms with Gasteiger partial charge in [-0.25, -0.2) is 0 Å². The van der Waals surface area contributed by atoms with Gasteiger partial charge in [-0.2, -0.15) is 0 Å². The van der Waals surface area contributed by atoms with Crippen molar-refractivity contribution in [3.05, 3.63) is 48.1 Å². The summed E-state index contributed by atoms with van der Waals surface area (Å²) in [6.45, 7) is 1.54. The maximum atomic E-state index is 11.2. The number of nitrogens with one attached hydrogen (secondary N) is 1. The van der Waals surface area contributed by atoms with Gasteiger partial charge in [0.25, 0.3) is 0 Å². The number of allylic oxidation sites excluding steroid dienone is 4. The molecule has 1 amide bonds. The first-order chi connectivity index (χ1) is 8.24. The zero-order chi connectivity index (χ0) is 11.8. The molecule has 0 bridgehead atoms. The summed E-state index contributed by atoms with van der Waals surface area (Å²) < 4.78 is 0. The number of carbonyl (C=O) groups excluding carboxylic acids is 1. The number of carbonyl (C=O) groups is 1. The van der Waals surface area contributed by atoms with E-state index in [1.807, 2.05) is 18.2 Å². The Bertz CT molecular complexity index is 533. The lowest BCUT2D eigenvalue weighted by atomic mass is 9.98. The van der Waals surface area contributed by atoms with Gasteiger partial charge in [0.15, 0.2) is 0 Å². The van der Waals surface area contributed by atoms with Crippen molar-refractivity contribution in [3.8, 4) is 0 Å². The average Bonchev–Trinajstić information content (AvgIpc) is 3.07. The molecule has 1 saturated carbocycles. The molecule has 1 aromatic carbocycles. The van der Waals surface area contributed by atoms with Crippen molar-refractivity contribution in [2.24, 2.45) is 11.8 Å². The van der Waals surface area contributed by atoms with Crippen LogP contribution >= 0.6 is 0 Å². The Morgan fingerprint density at radius 3 is 2.94 bits per heavy atom. The summed E-state index contributed by atoms with van der Waals surface area (Å²) in [6, 6.07) is 7.96. The first-order valence-corrected chi connectivity index (χ1v) is 6.01. The highest BCUT2D eigenvalue weighted by Crippen LogP contribution is 2.46. The van der Waals surface area contributed by atoms with Crippen molar-refractivity contribution in [3.63, 3.8) is 0 Å². The molecule has 2 heteroatoms. The Morgan fingerprint density at radius 2 is 2.18 bits per heavy atom. The summed E-state index contributed by atoms with van der Waals surface area (Å²) in [5, 5.41) is 2.89. The fraction of sp³-hybridized carbons (Fsp3) is 0.267. The van der Waals surface area contributed by atoms with Gasteiger partial charge in [-0.1, -0.05) is 36.4 Å². The van der Waals surface area contributed by atoms with Gasteiger partial charge < -0.3 is 5.32 Å². The number of rotatable bonds is 2. The fourth-order valence-corrected chi connectivity index (χ4v) is 2.38. The van der Waals surface area contributed by atoms with Crippen molar-refractivity contribution < 1.29 is 6.22 Å². The van der Waals surface area contributed by atoms with Gasteiger partial charge in [0.05, 0.1) is 0 Å². The number of hydrogen-bond donors (Lipinski definition) is 1. The Kier molecular flexibility index (Phi) is 2.36. The molecule has 2 aliphatic carbocycles. The highest BCUT2D eigenvalue weighted by molar-refractivity contribution is 5.94. The fourth-order valence-electron chi connectivity index (χ4n) is 2.38. The van der Waals surface area contributed by atoms with E-state index >= 15 is 0 Å². The molecule has 17 heavy (non-hydrogen) atoms. The smallest absolute Gasteiger partial charge is 0.221 e. The van der Waals surface area contributed by atoms with Gasteiger partial charge in [-0.05, 0) is 29.9 Å². The standard InChI is InChI=1S/C15H15NO.H2/c1-10(17)16-15-5-3-2-4-14(15)12-7-6-11-8-13(11)9-12;/h2-7,9,11,13H,8H2,1H3,(H,16,17);1H. The predicted molar refractivity (Wildman–Crippen MR) is 71.6 cm³/mol. The lowest BCUT2D eigenvalue weighted by Crippen LogP contribution is -2.07. The number of fused-ring (bicyclic) bond motifs is 1. The number of amides is 1.